The third-order valence-electron chi connectivity index (χ3n) is 3.88. The Morgan fingerprint density at radius 2 is 2.19 bits per heavy atom. The van der Waals surface area contributed by atoms with Gasteiger partial charge in [-0.3, -0.25) is 0 Å². The Balaban J connectivity index is 2.08. The maximum atomic E-state index is 12.3. The number of ether oxygens (including phenoxy) is 1. The van der Waals surface area contributed by atoms with Gasteiger partial charge in [-0.25, -0.2) is 8.42 Å². The number of nitrogens with zero attached hydrogens (tertiary/aromatic N) is 1. The molecule has 21 heavy (non-hydrogen) atoms. The lowest BCUT2D eigenvalue weighted by Gasteiger charge is -2.16. The number of nitrogen functional groups attached to an aromatic ring is 1. The van der Waals surface area contributed by atoms with Gasteiger partial charge in [0.25, 0.3) is 0 Å². The van der Waals surface area contributed by atoms with Crippen LogP contribution in [0.2, 0.25) is 0 Å². The van der Waals surface area contributed by atoms with Crippen molar-refractivity contribution in [1.29, 1.82) is 0 Å². The lowest BCUT2D eigenvalue weighted by molar-refractivity contribution is 0.175. The topological polar surface area (TPSA) is 94.3 Å². The molecule has 0 radical (unpaired) electrons. The van der Waals surface area contributed by atoms with E-state index in [0.717, 1.165) is 43.9 Å². The van der Waals surface area contributed by atoms with Gasteiger partial charge >= 0.3 is 0 Å². The fraction of sp³-hybridized carbons (Fsp3) is 0.769. The lowest BCUT2D eigenvalue weighted by Crippen LogP contribution is -2.18. The summed E-state index contributed by atoms with van der Waals surface area (Å²) in [6.45, 7) is 3.31. The first-order chi connectivity index (χ1) is 9.94. The summed E-state index contributed by atoms with van der Waals surface area (Å²) in [6, 6.07) is 0. The van der Waals surface area contributed by atoms with E-state index in [-0.39, 0.29) is 21.9 Å². The fourth-order valence-electron chi connectivity index (χ4n) is 2.36. The largest absolute Gasteiger partial charge is 0.385 e. The quantitative estimate of drug-likeness (QED) is 0.719. The van der Waals surface area contributed by atoms with Crippen LogP contribution in [0.4, 0.5) is 10.8 Å². The van der Waals surface area contributed by atoms with Crippen molar-refractivity contribution in [3.8, 4) is 0 Å². The SMILES string of the molecule is CCCS(=O)(=O)c1c(N)nsc1NCC1(CCOC)CC1. The van der Waals surface area contributed by atoms with Gasteiger partial charge in [0.2, 0.25) is 0 Å². The molecule has 0 saturated heterocycles. The zero-order chi connectivity index (χ0) is 15.5. The molecule has 0 aliphatic heterocycles. The molecule has 0 aromatic carbocycles. The van der Waals surface area contributed by atoms with E-state index in [1.807, 2.05) is 6.92 Å². The van der Waals surface area contributed by atoms with E-state index >= 15 is 0 Å². The average Bonchev–Trinajstić information content (AvgIpc) is 3.10. The van der Waals surface area contributed by atoms with Crippen LogP contribution in [-0.4, -0.2) is 38.8 Å². The fourth-order valence-corrected chi connectivity index (χ4v) is 4.97. The summed E-state index contributed by atoms with van der Waals surface area (Å²) in [6.07, 6.45) is 3.85. The first kappa shape index (κ1) is 16.5. The number of hydrogen-bond donors (Lipinski definition) is 2. The number of nitrogens with one attached hydrogen (secondary N) is 1. The van der Waals surface area contributed by atoms with Gasteiger partial charge in [0.05, 0.1) is 5.75 Å². The maximum absolute atomic E-state index is 12.3. The van der Waals surface area contributed by atoms with E-state index in [1.165, 1.54) is 0 Å². The number of anilines is 2. The van der Waals surface area contributed by atoms with Crippen LogP contribution in [-0.2, 0) is 14.6 Å². The first-order valence-corrected chi connectivity index (χ1v) is 9.57. The molecule has 8 heteroatoms. The zero-order valence-corrected chi connectivity index (χ0v) is 14.1. The Hall–Kier alpha value is -0.860. The van der Waals surface area contributed by atoms with Crippen molar-refractivity contribution in [1.82, 2.24) is 4.37 Å². The van der Waals surface area contributed by atoms with Gasteiger partial charge in [0.1, 0.15) is 9.90 Å². The molecule has 0 amide bonds. The van der Waals surface area contributed by atoms with Crippen molar-refractivity contribution in [3.63, 3.8) is 0 Å². The monoisotopic (exact) mass is 333 g/mol. The second-order valence-corrected chi connectivity index (χ2v) is 8.46. The lowest BCUT2D eigenvalue weighted by atomic mass is 10.0. The molecule has 0 bridgehead atoms. The second-order valence-electron chi connectivity index (χ2n) is 5.64. The number of methoxy groups -OCH3 is 1. The van der Waals surface area contributed by atoms with Crippen LogP contribution in [0.5, 0.6) is 0 Å². The number of aromatic nitrogens is 1. The highest BCUT2D eigenvalue weighted by Crippen LogP contribution is 2.49. The minimum absolute atomic E-state index is 0.0963. The normalized spacial score (nSPS) is 16.9. The van der Waals surface area contributed by atoms with Crippen molar-refractivity contribution >= 4 is 32.2 Å². The molecule has 1 aromatic rings. The highest BCUT2D eigenvalue weighted by molar-refractivity contribution is 7.91. The summed E-state index contributed by atoms with van der Waals surface area (Å²) >= 11 is 1.12. The molecule has 0 unspecified atom stereocenters. The second kappa shape index (κ2) is 6.50. The van der Waals surface area contributed by atoms with Crippen LogP contribution >= 0.6 is 11.5 Å². The van der Waals surface area contributed by atoms with Gasteiger partial charge in [-0.2, -0.15) is 4.37 Å². The molecule has 1 aromatic heterocycles. The standard InChI is InChI=1S/C13H23N3O3S2/c1-3-8-21(17,18)10-11(14)16-20-12(10)15-9-13(4-5-13)6-7-19-2/h15H,3-9H2,1-2H3,(H2,14,16). The average molecular weight is 333 g/mol. The van der Waals surface area contributed by atoms with Gasteiger partial charge in [-0.1, -0.05) is 6.92 Å². The van der Waals surface area contributed by atoms with Gasteiger partial charge in [0.15, 0.2) is 15.7 Å². The molecule has 1 heterocycles. The highest BCUT2D eigenvalue weighted by atomic mass is 32.2. The van der Waals surface area contributed by atoms with Crippen LogP contribution < -0.4 is 11.1 Å². The van der Waals surface area contributed by atoms with Crippen LogP contribution in [0.25, 0.3) is 0 Å². The van der Waals surface area contributed by atoms with E-state index in [1.54, 1.807) is 7.11 Å². The first-order valence-electron chi connectivity index (χ1n) is 7.15. The summed E-state index contributed by atoms with van der Waals surface area (Å²) < 4.78 is 33.7. The van der Waals surface area contributed by atoms with Crippen LogP contribution in [0.1, 0.15) is 32.6 Å². The van der Waals surface area contributed by atoms with Crippen LogP contribution in [0.15, 0.2) is 4.90 Å². The molecule has 2 rings (SSSR count). The highest BCUT2D eigenvalue weighted by Gasteiger charge is 2.42. The Morgan fingerprint density at radius 1 is 1.48 bits per heavy atom. The molecule has 6 nitrogen and oxygen atoms in total. The number of nitrogens with two attached hydrogens (primary N) is 1. The van der Waals surface area contributed by atoms with Crippen molar-refractivity contribution in [3.05, 3.63) is 0 Å². The van der Waals surface area contributed by atoms with Crippen molar-refractivity contribution in [2.75, 3.05) is 37.1 Å². The van der Waals surface area contributed by atoms with Gasteiger partial charge in [-0.15, -0.1) is 0 Å². The Labute approximate surface area is 130 Å². The van der Waals surface area contributed by atoms with Crippen LogP contribution in [0.3, 0.4) is 0 Å². The minimum atomic E-state index is -3.36. The van der Waals surface area contributed by atoms with E-state index in [0.29, 0.717) is 11.4 Å². The number of sulfone groups is 1. The van der Waals surface area contributed by atoms with Gasteiger partial charge < -0.3 is 15.8 Å². The predicted octanol–water partition coefficient (Wildman–Crippen LogP) is 2.14. The summed E-state index contributed by atoms with van der Waals surface area (Å²) in [5.74, 6) is 0.205. The molecule has 3 N–H and O–H groups in total. The third kappa shape index (κ3) is 3.87. The molecule has 0 atom stereocenters. The van der Waals surface area contributed by atoms with E-state index < -0.39 is 9.84 Å². The maximum Gasteiger partial charge on any atom is 0.185 e. The summed E-state index contributed by atoms with van der Waals surface area (Å²) in [5.41, 5.74) is 5.99. The molecule has 1 aliphatic carbocycles. The molecule has 0 spiro atoms. The van der Waals surface area contributed by atoms with E-state index in [2.05, 4.69) is 9.69 Å². The Kier molecular flexibility index (Phi) is 5.11. The Morgan fingerprint density at radius 3 is 2.76 bits per heavy atom. The summed E-state index contributed by atoms with van der Waals surface area (Å²) in [5, 5.41) is 3.83. The smallest absolute Gasteiger partial charge is 0.185 e. The molecule has 1 saturated carbocycles. The summed E-state index contributed by atoms with van der Waals surface area (Å²) in [7, 11) is -1.66. The van der Waals surface area contributed by atoms with Crippen molar-refractivity contribution < 1.29 is 13.2 Å². The van der Waals surface area contributed by atoms with Gasteiger partial charge in [0, 0.05) is 20.3 Å². The molecular formula is C13H23N3O3S2. The molecule has 1 fully saturated rings. The van der Waals surface area contributed by atoms with Gasteiger partial charge in [-0.05, 0) is 42.6 Å². The summed E-state index contributed by atoms with van der Waals surface area (Å²) in [4.78, 5) is 0.178. The molecular weight excluding hydrogens is 310 g/mol. The van der Waals surface area contributed by atoms with Crippen molar-refractivity contribution in [2.45, 2.75) is 37.5 Å². The molecule has 120 valence electrons. The minimum Gasteiger partial charge on any atom is -0.385 e. The van der Waals surface area contributed by atoms with Crippen molar-refractivity contribution in [2.24, 2.45) is 5.41 Å². The van der Waals surface area contributed by atoms with E-state index in [4.69, 9.17) is 10.5 Å². The van der Waals surface area contributed by atoms with E-state index in [9.17, 15) is 8.42 Å². The molecule has 1 aliphatic rings. The predicted molar refractivity (Wildman–Crippen MR) is 85.5 cm³/mol. The zero-order valence-electron chi connectivity index (χ0n) is 12.5. The number of rotatable bonds is 9. The third-order valence-corrected chi connectivity index (χ3v) is 6.80. The van der Waals surface area contributed by atoms with Crippen LogP contribution in [0, 0.1) is 5.41 Å². The Bertz CT molecular complexity index is 579. The number of hydrogen-bond acceptors (Lipinski definition) is 7.